The molecule has 0 radical (unpaired) electrons. The first-order valence-corrected chi connectivity index (χ1v) is 7.47. The Morgan fingerprint density at radius 3 is 2.23 bits per heavy atom. The van der Waals surface area contributed by atoms with E-state index in [-0.39, 0.29) is 10.8 Å². The van der Waals surface area contributed by atoms with Gasteiger partial charge in [0.15, 0.2) is 0 Å². The van der Waals surface area contributed by atoms with Crippen LogP contribution in [-0.4, -0.2) is 21.5 Å². The Morgan fingerprint density at radius 1 is 1.05 bits per heavy atom. The summed E-state index contributed by atoms with van der Waals surface area (Å²) in [4.78, 5) is 13.3. The molecular formula is C17H25N5. The molecule has 0 atom stereocenters. The second-order valence-electron chi connectivity index (χ2n) is 7.26. The molecule has 0 spiro atoms. The molecule has 0 saturated heterocycles. The largest absolute Gasteiger partial charge is 0.399 e. The molecule has 0 saturated carbocycles. The molecule has 3 N–H and O–H groups in total. The van der Waals surface area contributed by atoms with Crippen LogP contribution in [0.1, 0.15) is 46.1 Å². The summed E-state index contributed by atoms with van der Waals surface area (Å²) in [7, 11) is 0. The highest BCUT2D eigenvalue weighted by atomic mass is 15.0. The van der Waals surface area contributed by atoms with Gasteiger partial charge in [-0.3, -0.25) is 4.98 Å². The predicted molar refractivity (Wildman–Crippen MR) is 90.9 cm³/mol. The van der Waals surface area contributed by atoms with Crippen LogP contribution in [0.25, 0.3) is 0 Å². The van der Waals surface area contributed by atoms with E-state index in [1.807, 2.05) is 18.5 Å². The van der Waals surface area contributed by atoms with Crippen molar-refractivity contribution < 1.29 is 0 Å². The van der Waals surface area contributed by atoms with Crippen molar-refractivity contribution in [3.63, 3.8) is 0 Å². The van der Waals surface area contributed by atoms with Crippen LogP contribution in [0.15, 0.2) is 30.7 Å². The number of aromatic nitrogens is 3. The number of nitrogens with two attached hydrogens (primary N) is 1. The molecule has 0 fully saturated rings. The maximum absolute atomic E-state index is 5.84. The number of hydrogen-bond acceptors (Lipinski definition) is 5. The van der Waals surface area contributed by atoms with Gasteiger partial charge in [0.2, 0.25) is 0 Å². The molecule has 22 heavy (non-hydrogen) atoms. The van der Waals surface area contributed by atoms with Gasteiger partial charge >= 0.3 is 0 Å². The van der Waals surface area contributed by atoms with Gasteiger partial charge in [-0.05, 0) is 12.1 Å². The quantitative estimate of drug-likeness (QED) is 0.907. The van der Waals surface area contributed by atoms with Crippen LogP contribution in [0.5, 0.6) is 0 Å². The van der Waals surface area contributed by atoms with E-state index in [9.17, 15) is 0 Å². The summed E-state index contributed by atoms with van der Waals surface area (Å²) in [5.74, 6) is 0.842. The molecule has 0 amide bonds. The van der Waals surface area contributed by atoms with Crippen molar-refractivity contribution in [3.8, 4) is 0 Å². The van der Waals surface area contributed by atoms with E-state index in [1.165, 1.54) is 0 Å². The second-order valence-corrected chi connectivity index (χ2v) is 7.26. The minimum Gasteiger partial charge on any atom is -0.399 e. The minimum atomic E-state index is -0.141. The van der Waals surface area contributed by atoms with E-state index >= 15 is 0 Å². The molecule has 118 valence electrons. The zero-order chi connectivity index (χ0) is 16.4. The topological polar surface area (TPSA) is 76.7 Å². The number of pyridine rings is 1. The number of hydrogen-bond donors (Lipinski definition) is 2. The first kappa shape index (κ1) is 16.2. The maximum atomic E-state index is 5.84. The molecule has 0 aromatic carbocycles. The van der Waals surface area contributed by atoms with Gasteiger partial charge in [0.1, 0.15) is 5.82 Å². The highest BCUT2D eigenvalue weighted by Crippen LogP contribution is 2.23. The summed E-state index contributed by atoms with van der Waals surface area (Å²) in [5.41, 5.74) is 8.27. The summed E-state index contributed by atoms with van der Waals surface area (Å²) < 4.78 is 0. The van der Waals surface area contributed by atoms with Gasteiger partial charge in [0.05, 0.1) is 18.1 Å². The van der Waals surface area contributed by atoms with E-state index in [0.717, 1.165) is 29.4 Å². The fraction of sp³-hybridized carbons (Fsp3) is 0.471. The van der Waals surface area contributed by atoms with Crippen LogP contribution in [0, 0.1) is 0 Å². The van der Waals surface area contributed by atoms with E-state index in [1.54, 1.807) is 12.3 Å². The number of nitrogens with one attached hydrogen (secondary N) is 1. The standard InChI is InChI=1S/C17H25N5/c1-16(2,3)15-20-9-13(10-21-15)22-11-17(4,5)14-8-12(18)6-7-19-14/h6-10,22H,11H2,1-5H3,(H2,18,19). The van der Waals surface area contributed by atoms with E-state index in [2.05, 4.69) is 54.9 Å². The van der Waals surface area contributed by atoms with Crippen molar-refractivity contribution >= 4 is 11.4 Å². The van der Waals surface area contributed by atoms with Crippen molar-refractivity contribution in [1.29, 1.82) is 0 Å². The molecule has 0 aliphatic rings. The number of anilines is 2. The number of nitrogen functional groups attached to an aromatic ring is 1. The average molecular weight is 299 g/mol. The number of rotatable bonds is 4. The van der Waals surface area contributed by atoms with Crippen molar-refractivity contribution in [3.05, 3.63) is 42.2 Å². The average Bonchev–Trinajstić information content (AvgIpc) is 2.45. The molecule has 2 aromatic heterocycles. The smallest absolute Gasteiger partial charge is 0.133 e. The van der Waals surface area contributed by atoms with Crippen molar-refractivity contribution in [1.82, 2.24) is 15.0 Å². The Balaban J connectivity index is 2.06. The second kappa shape index (κ2) is 5.91. The molecule has 2 rings (SSSR count). The summed E-state index contributed by atoms with van der Waals surface area (Å²) in [6.07, 6.45) is 5.40. The Morgan fingerprint density at radius 2 is 1.68 bits per heavy atom. The normalized spacial score (nSPS) is 12.2. The Kier molecular flexibility index (Phi) is 4.35. The highest BCUT2D eigenvalue weighted by molar-refractivity contribution is 5.42. The van der Waals surface area contributed by atoms with Crippen LogP contribution >= 0.6 is 0 Å². The first-order chi connectivity index (χ1) is 10.2. The van der Waals surface area contributed by atoms with Gasteiger partial charge in [-0.25, -0.2) is 9.97 Å². The van der Waals surface area contributed by atoms with Crippen LogP contribution in [0.3, 0.4) is 0 Å². The van der Waals surface area contributed by atoms with Crippen molar-refractivity contribution in [2.45, 2.75) is 45.4 Å². The molecular weight excluding hydrogens is 274 g/mol. The third kappa shape index (κ3) is 3.93. The summed E-state index contributed by atoms with van der Waals surface area (Å²) in [6, 6.07) is 3.72. The summed E-state index contributed by atoms with van der Waals surface area (Å²) >= 11 is 0. The molecule has 0 bridgehead atoms. The van der Waals surface area contributed by atoms with Crippen LogP contribution in [0.2, 0.25) is 0 Å². The van der Waals surface area contributed by atoms with Gasteiger partial charge in [-0.1, -0.05) is 34.6 Å². The van der Waals surface area contributed by atoms with Crippen molar-refractivity contribution in [2.75, 3.05) is 17.6 Å². The Bertz CT molecular complexity index is 626. The van der Waals surface area contributed by atoms with Crippen LogP contribution < -0.4 is 11.1 Å². The van der Waals surface area contributed by atoms with E-state index in [0.29, 0.717) is 0 Å². The molecule has 0 aliphatic carbocycles. The molecule has 0 aliphatic heterocycles. The van der Waals surface area contributed by atoms with Gasteiger partial charge < -0.3 is 11.1 Å². The molecule has 5 nitrogen and oxygen atoms in total. The fourth-order valence-electron chi connectivity index (χ4n) is 2.04. The van der Waals surface area contributed by atoms with Gasteiger partial charge in [0.25, 0.3) is 0 Å². The van der Waals surface area contributed by atoms with Gasteiger partial charge in [-0.2, -0.15) is 0 Å². The van der Waals surface area contributed by atoms with Crippen molar-refractivity contribution in [2.24, 2.45) is 0 Å². The predicted octanol–water partition coefficient (Wildman–Crippen LogP) is 3.14. The summed E-state index contributed by atoms with van der Waals surface area (Å²) in [6.45, 7) is 11.3. The lowest BCUT2D eigenvalue weighted by Gasteiger charge is -2.25. The Hall–Kier alpha value is -2.17. The SMILES string of the molecule is CC(C)(C)c1ncc(NCC(C)(C)c2cc(N)ccn2)cn1. The molecule has 2 aromatic rings. The lowest BCUT2D eigenvalue weighted by molar-refractivity contribution is 0.535. The molecule has 2 heterocycles. The molecule has 5 heteroatoms. The van der Waals surface area contributed by atoms with E-state index < -0.39 is 0 Å². The van der Waals surface area contributed by atoms with Crippen LogP contribution in [0.4, 0.5) is 11.4 Å². The third-order valence-corrected chi connectivity index (χ3v) is 3.53. The van der Waals surface area contributed by atoms with Gasteiger partial charge in [-0.15, -0.1) is 0 Å². The number of nitrogens with zero attached hydrogens (tertiary/aromatic N) is 3. The minimum absolute atomic E-state index is 0.0384. The third-order valence-electron chi connectivity index (χ3n) is 3.53. The zero-order valence-electron chi connectivity index (χ0n) is 14.0. The maximum Gasteiger partial charge on any atom is 0.133 e. The van der Waals surface area contributed by atoms with Crippen LogP contribution in [-0.2, 0) is 10.8 Å². The lowest BCUT2D eigenvalue weighted by atomic mass is 9.88. The summed E-state index contributed by atoms with van der Waals surface area (Å²) in [5, 5.41) is 3.38. The Labute approximate surface area is 132 Å². The van der Waals surface area contributed by atoms with E-state index in [4.69, 9.17) is 5.73 Å². The lowest BCUT2D eigenvalue weighted by Crippen LogP contribution is -2.29. The monoisotopic (exact) mass is 299 g/mol. The van der Waals surface area contributed by atoms with Gasteiger partial charge in [0, 0.05) is 35.0 Å². The fourth-order valence-corrected chi connectivity index (χ4v) is 2.04. The first-order valence-electron chi connectivity index (χ1n) is 7.47. The zero-order valence-corrected chi connectivity index (χ0v) is 14.0. The molecule has 0 unspecified atom stereocenters. The highest BCUT2D eigenvalue weighted by Gasteiger charge is 2.22.